The molecule has 0 bridgehead atoms. The van der Waals surface area contributed by atoms with Gasteiger partial charge in [-0.2, -0.15) is 0 Å². The molecule has 0 aliphatic heterocycles. The molecule has 0 radical (unpaired) electrons. The lowest BCUT2D eigenvalue weighted by atomic mass is 9.97. The Labute approximate surface area is 127 Å². The van der Waals surface area contributed by atoms with E-state index in [-0.39, 0.29) is 5.91 Å². The van der Waals surface area contributed by atoms with Gasteiger partial charge >= 0.3 is 0 Å². The van der Waals surface area contributed by atoms with E-state index < -0.39 is 5.54 Å². The molecule has 1 fully saturated rings. The summed E-state index contributed by atoms with van der Waals surface area (Å²) in [5.74, 6) is 1.01. The zero-order valence-corrected chi connectivity index (χ0v) is 13.2. The van der Waals surface area contributed by atoms with Gasteiger partial charge in [0.1, 0.15) is 5.75 Å². The molecule has 1 aliphatic carbocycles. The molecule has 1 atom stereocenters. The maximum Gasteiger partial charge on any atom is 0.237 e. The van der Waals surface area contributed by atoms with E-state index in [1.807, 2.05) is 19.1 Å². The van der Waals surface area contributed by atoms with E-state index in [1.165, 1.54) is 5.56 Å². The molecule has 116 valence electrons. The van der Waals surface area contributed by atoms with Crippen molar-refractivity contribution in [1.29, 1.82) is 0 Å². The molecule has 1 aliphatic rings. The summed E-state index contributed by atoms with van der Waals surface area (Å²) in [5.41, 5.74) is 6.10. The molecular formula is C17H26N2O2. The van der Waals surface area contributed by atoms with Crippen molar-refractivity contribution >= 4 is 5.91 Å². The Bertz CT molecular complexity index is 497. The molecule has 21 heavy (non-hydrogen) atoms. The van der Waals surface area contributed by atoms with Gasteiger partial charge in [-0.3, -0.25) is 4.79 Å². The lowest BCUT2D eigenvalue weighted by molar-refractivity contribution is -0.124. The second kappa shape index (κ2) is 6.48. The van der Waals surface area contributed by atoms with Gasteiger partial charge in [-0.25, -0.2) is 0 Å². The fraction of sp³-hybridized carbons (Fsp3) is 0.588. The van der Waals surface area contributed by atoms with E-state index in [2.05, 4.69) is 31.3 Å². The predicted molar refractivity (Wildman–Crippen MR) is 84.4 cm³/mol. The second-order valence-electron chi connectivity index (χ2n) is 6.44. The summed E-state index contributed by atoms with van der Waals surface area (Å²) in [6.45, 7) is 6.65. The molecule has 2 rings (SSSR count). The summed E-state index contributed by atoms with van der Waals surface area (Å²) in [5, 5.41) is 3.33. The van der Waals surface area contributed by atoms with Crippen LogP contribution in [0.5, 0.6) is 5.75 Å². The molecule has 1 unspecified atom stereocenters. The van der Waals surface area contributed by atoms with E-state index in [0.29, 0.717) is 25.0 Å². The van der Waals surface area contributed by atoms with Gasteiger partial charge in [0.25, 0.3) is 0 Å². The van der Waals surface area contributed by atoms with Crippen LogP contribution in [-0.2, 0) is 4.79 Å². The van der Waals surface area contributed by atoms with Crippen molar-refractivity contribution in [1.82, 2.24) is 5.32 Å². The molecule has 4 heteroatoms. The maximum atomic E-state index is 11.7. The summed E-state index contributed by atoms with van der Waals surface area (Å²) >= 11 is 0. The number of carbonyl (C=O) groups is 1. The fourth-order valence-electron chi connectivity index (χ4n) is 2.28. The second-order valence-corrected chi connectivity index (χ2v) is 6.44. The Morgan fingerprint density at radius 2 is 2.19 bits per heavy atom. The van der Waals surface area contributed by atoms with E-state index in [4.69, 9.17) is 10.5 Å². The zero-order valence-electron chi connectivity index (χ0n) is 13.2. The first-order valence-electron chi connectivity index (χ1n) is 7.71. The van der Waals surface area contributed by atoms with Crippen LogP contribution in [0.15, 0.2) is 24.3 Å². The highest BCUT2D eigenvalue weighted by Gasteiger charge is 2.36. The Hall–Kier alpha value is -1.55. The third-order valence-electron chi connectivity index (χ3n) is 4.04. The average molecular weight is 290 g/mol. The molecule has 1 aromatic rings. The SMILES string of the molecule is CC(C)c1cccc(OCCC(C)(NC2CC2)C(N)=O)c1. The smallest absolute Gasteiger partial charge is 0.237 e. The molecule has 4 nitrogen and oxygen atoms in total. The van der Waals surface area contributed by atoms with Crippen molar-refractivity contribution in [2.75, 3.05) is 6.61 Å². The van der Waals surface area contributed by atoms with Gasteiger partial charge < -0.3 is 15.8 Å². The molecule has 0 spiro atoms. The van der Waals surface area contributed by atoms with Crippen molar-refractivity contribution in [3.05, 3.63) is 29.8 Å². The lowest BCUT2D eigenvalue weighted by Gasteiger charge is -2.27. The van der Waals surface area contributed by atoms with Crippen molar-refractivity contribution < 1.29 is 9.53 Å². The zero-order chi connectivity index (χ0) is 15.5. The van der Waals surface area contributed by atoms with Gasteiger partial charge in [0, 0.05) is 12.5 Å². The number of benzene rings is 1. The highest BCUT2D eigenvalue weighted by molar-refractivity contribution is 5.84. The highest BCUT2D eigenvalue weighted by atomic mass is 16.5. The molecule has 3 N–H and O–H groups in total. The minimum Gasteiger partial charge on any atom is -0.494 e. The van der Waals surface area contributed by atoms with Crippen molar-refractivity contribution in [2.24, 2.45) is 5.73 Å². The van der Waals surface area contributed by atoms with Crippen LogP contribution in [-0.4, -0.2) is 24.1 Å². The van der Waals surface area contributed by atoms with Gasteiger partial charge in [0.2, 0.25) is 5.91 Å². The summed E-state index contributed by atoms with van der Waals surface area (Å²) in [6, 6.07) is 8.54. The molecule has 1 amide bonds. The molecule has 1 aromatic carbocycles. The minimum absolute atomic E-state index is 0.311. The van der Waals surface area contributed by atoms with E-state index in [9.17, 15) is 4.79 Å². The molecule has 0 heterocycles. The summed E-state index contributed by atoms with van der Waals surface area (Å²) in [7, 11) is 0. The standard InChI is InChI=1S/C17H26N2O2/c1-12(2)13-5-4-6-15(11-13)21-10-9-17(3,16(18)20)19-14-7-8-14/h4-6,11-12,14,19H,7-10H2,1-3H3,(H2,18,20). The highest BCUT2D eigenvalue weighted by Crippen LogP contribution is 2.25. The summed E-state index contributed by atoms with van der Waals surface area (Å²) < 4.78 is 5.80. The van der Waals surface area contributed by atoms with Crippen LogP contribution < -0.4 is 15.8 Å². The van der Waals surface area contributed by atoms with Crippen LogP contribution in [0.4, 0.5) is 0 Å². The van der Waals surface area contributed by atoms with Gasteiger partial charge in [-0.1, -0.05) is 26.0 Å². The molecular weight excluding hydrogens is 264 g/mol. The van der Waals surface area contributed by atoms with E-state index >= 15 is 0 Å². The Morgan fingerprint density at radius 3 is 2.76 bits per heavy atom. The number of hydrogen-bond acceptors (Lipinski definition) is 3. The minimum atomic E-state index is -0.684. The monoisotopic (exact) mass is 290 g/mol. The quantitative estimate of drug-likeness (QED) is 0.773. The topological polar surface area (TPSA) is 64.3 Å². The van der Waals surface area contributed by atoms with Gasteiger partial charge in [-0.05, 0) is 43.4 Å². The first-order valence-corrected chi connectivity index (χ1v) is 7.71. The van der Waals surface area contributed by atoms with Gasteiger partial charge in [0.15, 0.2) is 0 Å². The van der Waals surface area contributed by atoms with E-state index in [1.54, 1.807) is 0 Å². The number of carbonyl (C=O) groups excluding carboxylic acids is 1. The average Bonchev–Trinajstić information content (AvgIpc) is 3.22. The Balaban J connectivity index is 1.89. The van der Waals surface area contributed by atoms with Crippen LogP contribution in [0.2, 0.25) is 0 Å². The number of primary amides is 1. The van der Waals surface area contributed by atoms with Gasteiger partial charge in [0.05, 0.1) is 12.1 Å². The lowest BCUT2D eigenvalue weighted by Crippen LogP contribution is -2.54. The largest absolute Gasteiger partial charge is 0.494 e. The summed E-state index contributed by atoms with van der Waals surface area (Å²) in [4.78, 5) is 11.7. The number of rotatable bonds is 8. The fourth-order valence-corrected chi connectivity index (χ4v) is 2.28. The Morgan fingerprint density at radius 1 is 1.48 bits per heavy atom. The van der Waals surface area contributed by atoms with Crippen LogP contribution in [0.1, 0.15) is 51.5 Å². The van der Waals surface area contributed by atoms with Crippen LogP contribution in [0, 0.1) is 0 Å². The number of amides is 1. The third-order valence-corrected chi connectivity index (χ3v) is 4.04. The first kappa shape index (κ1) is 15.8. The van der Waals surface area contributed by atoms with Crippen LogP contribution >= 0.6 is 0 Å². The number of hydrogen-bond donors (Lipinski definition) is 2. The third kappa shape index (κ3) is 4.46. The van der Waals surface area contributed by atoms with Crippen LogP contribution in [0.3, 0.4) is 0 Å². The molecule has 0 saturated heterocycles. The number of ether oxygens (including phenoxy) is 1. The van der Waals surface area contributed by atoms with Crippen molar-refractivity contribution in [2.45, 2.75) is 57.5 Å². The van der Waals surface area contributed by atoms with Crippen molar-refractivity contribution in [3.8, 4) is 5.75 Å². The first-order chi connectivity index (χ1) is 9.90. The van der Waals surface area contributed by atoms with Crippen molar-refractivity contribution in [3.63, 3.8) is 0 Å². The maximum absolute atomic E-state index is 11.7. The van der Waals surface area contributed by atoms with E-state index in [0.717, 1.165) is 18.6 Å². The normalized spacial score (nSPS) is 17.5. The van der Waals surface area contributed by atoms with Gasteiger partial charge in [-0.15, -0.1) is 0 Å². The Kier molecular flexibility index (Phi) is 4.88. The molecule has 0 aromatic heterocycles. The predicted octanol–water partition coefficient (Wildman–Crippen LogP) is 2.57. The number of nitrogens with one attached hydrogen (secondary N) is 1. The molecule has 1 saturated carbocycles. The number of nitrogens with two attached hydrogens (primary N) is 1. The van der Waals surface area contributed by atoms with Crippen LogP contribution in [0.25, 0.3) is 0 Å². The summed E-state index contributed by atoms with van der Waals surface area (Å²) in [6.07, 6.45) is 2.82.